The number of aliphatic hydroxyl groups is 1. The van der Waals surface area contributed by atoms with Gasteiger partial charge in [0.25, 0.3) is 0 Å². The van der Waals surface area contributed by atoms with Crippen LogP contribution in [0.4, 0.5) is 0 Å². The van der Waals surface area contributed by atoms with Crippen LogP contribution in [0.5, 0.6) is 0 Å². The van der Waals surface area contributed by atoms with Crippen LogP contribution in [0.2, 0.25) is 0 Å². The van der Waals surface area contributed by atoms with Gasteiger partial charge in [-0.1, -0.05) is 20.8 Å². The van der Waals surface area contributed by atoms with Crippen molar-refractivity contribution in [3.63, 3.8) is 0 Å². The summed E-state index contributed by atoms with van der Waals surface area (Å²) in [6.45, 7) is 6.69. The second-order valence-electron chi connectivity index (χ2n) is 6.50. The zero-order chi connectivity index (χ0) is 12.7. The van der Waals surface area contributed by atoms with E-state index in [2.05, 4.69) is 25.9 Å². The maximum absolute atomic E-state index is 10.8. The molecule has 1 heterocycles. The van der Waals surface area contributed by atoms with Gasteiger partial charge in [0.2, 0.25) is 0 Å². The van der Waals surface area contributed by atoms with Gasteiger partial charge < -0.3 is 5.11 Å². The Morgan fingerprint density at radius 2 is 2.24 bits per heavy atom. The average molecular weight is 236 g/mol. The Kier molecular flexibility index (Phi) is 3.06. The van der Waals surface area contributed by atoms with Gasteiger partial charge in [-0.05, 0) is 43.1 Å². The summed E-state index contributed by atoms with van der Waals surface area (Å²) in [5, 5.41) is 14.9. The SMILES string of the molecule is CC1CC(C)(C)CC1(O)CCc1ccnn1C. The maximum atomic E-state index is 10.8. The van der Waals surface area contributed by atoms with Crippen molar-refractivity contribution in [3.8, 4) is 0 Å². The fourth-order valence-corrected chi connectivity index (χ4v) is 3.42. The van der Waals surface area contributed by atoms with Gasteiger partial charge in [-0.15, -0.1) is 0 Å². The molecule has 1 N–H and O–H groups in total. The number of hydrogen-bond donors (Lipinski definition) is 1. The summed E-state index contributed by atoms with van der Waals surface area (Å²) >= 11 is 0. The number of hydrogen-bond acceptors (Lipinski definition) is 2. The first-order valence-corrected chi connectivity index (χ1v) is 6.52. The van der Waals surface area contributed by atoms with Crippen LogP contribution in [-0.4, -0.2) is 20.5 Å². The highest BCUT2D eigenvalue weighted by Gasteiger charge is 2.46. The molecule has 3 nitrogen and oxygen atoms in total. The van der Waals surface area contributed by atoms with E-state index < -0.39 is 5.60 Å². The smallest absolute Gasteiger partial charge is 0.0682 e. The summed E-state index contributed by atoms with van der Waals surface area (Å²) in [6.07, 6.45) is 5.61. The lowest BCUT2D eigenvalue weighted by Crippen LogP contribution is -2.33. The minimum absolute atomic E-state index is 0.278. The van der Waals surface area contributed by atoms with Crippen LogP contribution < -0.4 is 0 Å². The quantitative estimate of drug-likeness (QED) is 0.875. The van der Waals surface area contributed by atoms with Crippen molar-refractivity contribution in [1.29, 1.82) is 0 Å². The second kappa shape index (κ2) is 4.13. The summed E-state index contributed by atoms with van der Waals surface area (Å²) in [6, 6.07) is 2.04. The molecule has 1 aromatic rings. The van der Waals surface area contributed by atoms with Crippen molar-refractivity contribution in [2.75, 3.05) is 0 Å². The van der Waals surface area contributed by atoms with Gasteiger partial charge in [-0.3, -0.25) is 4.68 Å². The molecular formula is C14H24N2O. The van der Waals surface area contributed by atoms with Crippen LogP contribution in [0, 0.1) is 11.3 Å². The molecule has 0 amide bonds. The third-order valence-electron chi connectivity index (χ3n) is 4.30. The highest BCUT2D eigenvalue weighted by Crippen LogP contribution is 2.49. The number of aromatic nitrogens is 2. The van der Waals surface area contributed by atoms with E-state index in [1.54, 1.807) is 0 Å². The van der Waals surface area contributed by atoms with Gasteiger partial charge in [-0.2, -0.15) is 5.10 Å². The van der Waals surface area contributed by atoms with Crippen LogP contribution in [0.3, 0.4) is 0 Å². The Bertz CT molecular complexity index is 397. The molecule has 0 radical (unpaired) electrons. The molecule has 1 aromatic heterocycles. The van der Waals surface area contributed by atoms with E-state index in [1.807, 2.05) is 24.0 Å². The number of aryl methyl sites for hydroxylation is 2. The third-order valence-corrected chi connectivity index (χ3v) is 4.30. The monoisotopic (exact) mass is 236 g/mol. The molecule has 2 unspecified atom stereocenters. The summed E-state index contributed by atoms with van der Waals surface area (Å²) < 4.78 is 1.90. The van der Waals surface area contributed by atoms with E-state index in [9.17, 15) is 5.11 Å². The van der Waals surface area contributed by atoms with Crippen molar-refractivity contribution in [3.05, 3.63) is 18.0 Å². The lowest BCUT2D eigenvalue weighted by Gasteiger charge is -2.28. The first kappa shape index (κ1) is 12.6. The highest BCUT2D eigenvalue weighted by atomic mass is 16.3. The van der Waals surface area contributed by atoms with E-state index in [-0.39, 0.29) is 5.41 Å². The second-order valence-corrected chi connectivity index (χ2v) is 6.50. The van der Waals surface area contributed by atoms with Crippen LogP contribution in [0.1, 0.15) is 45.7 Å². The summed E-state index contributed by atoms with van der Waals surface area (Å²) in [5.74, 6) is 0.394. The van der Waals surface area contributed by atoms with Crippen molar-refractivity contribution in [1.82, 2.24) is 9.78 Å². The standard InChI is InChI=1S/C14H24N2O/c1-11-9-13(2,3)10-14(11,17)7-5-12-6-8-15-16(12)4/h6,8,11,17H,5,7,9-10H2,1-4H3. The normalized spacial score (nSPS) is 31.9. The Balaban J connectivity index is 2.01. The van der Waals surface area contributed by atoms with Crippen molar-refractivity contribution < 1.29 is 5.11 Å². The van der Waals surface area contributed by atoms with Crippen molar-refractivity contribution >= 4 is 0 Å². The van der Waals surface area contributed by atoms with Crippen LogP contribution in [-0.2, 0) is 13.5 Å². The molecule has 0 bridgehead atoms. The minimum Gasteiger partial charge on any atom is -0.390 e. The summed E-state index contributed by atoms with van der Waals surface area (Å²) in [4.78, 5) is 0. The third kappa shape index (κ3) is 2.54. The highest BCUT2D eigenvalue weighted by molar-refractivity contribution is 5.04. The van der Waals surface area contributed by atoms with Crippen molar-refractivity contribution in [2.45, 2.75) is 52.1 Å². The predicted octanol–water partition coefficient (Wildman–Crippen LogP) is 2.54. The van der Waals surface area contributed by atoms with Gasteiger partial charge in [0.15, 0.2) is 0 Å². The Hall–Kier alpha value is -0.830. The summed E-state index contributed by atoms with van der Waals surface area (Å²) in [5.41, 5.74) is 0.990. The van der Waals surface area contributed by atoms with Crippen LogP contribution in [0.25, 0.3) is 0 Å². The fraction of sp³-hybridized carbons (Fsp3) is 0.786. The molecule has 17 heavy (non-hydrogen) atoms. The molecule has 2 rings (SSSR count). The maximum Gasteiger partial charge on any atom is 0.0682 e. The Morgan fingerprint density at radius 1 is 1.53 bits per heavy atom. The Morgan fingerprint density at radius 3 is 2.71 bits per heavy atom. The molecular weight excluding hydrogens is 212 g/mol. The molecule has 0 spiro atoms. The molecule has 1 aliphatic carbocycles. The van der Waals surface area contributed by atoms with Gasteiger partial charge in [0.05, 0.1) is 5.60 Å². The number of rotatable bonds is 3. The van der Waals surface area contributed by atoms with Gasteiger partial charge >= 0.3 is 0 Å². The lowest BCUT2D eigenvalue weighted by molar-refractivity contribution is -0.00408. The van der Waals surface area contributed by atoms with Gasteiger partial charge in [0, 0.05) is 18.9 Å². The molecule has 0 saturated heterocycles. The fourth-order valence-electron chi connectivity index (χ4n) is 3.42. The molecule has 1 aliphatic rings. The largest absolute Gasteiger partial charge is 0.390 e. The molecule has 1 saturated carbocycles. The molecule has 0 aliphatic heterocycles. The first-order chi connectivity index (χ1) is 7.82. The summed E-state index contributed by atoms with van der Waals surface area (Å²) in [7, 11) is 1.96. The zero-order valence-electron chi connectivity index (χ0n) is 11.4. The molecule has 3 heteroatoms. The van der Waals surface area contributed by atoms with Crippen LogP contribution >= 0.6 is 0 Å². The zero-order valence-corrected chi connectivity index (χ0v) is 11.4. The number of nitrogens with zero attached hydrogens (tertiary/aromatic N) is 2. The molecule has 1 fully saturated rings. The van der Waals surface area contributed by atoms with Crippen LogP contribution in [0.15, 0.2) is 12.3 Å². The van der Waals surface area contributed by atoms with E-state index >= 15 is 0 Å². The van der Waals surface area contributed by atoms with Gasteiger partial charge in [0.1, 0.15) is 0 Å². The van der Waals surface area contributed by atoms with Crippen molar-refractivity contribution in [2.24, 2.45) is 18.4 Å². The van der Waals surface area contributed by atoms with E-state index in [0.29, 0.717) is 5.92 Å². The predicted molar refractivity (Wildman–Crippen MR) is 68.7 cm³/mol. The van der Waals surface area contributed by atoms with E-state index in [4.69, 9.17) is 0 Å². The molecule has 2 atom stereocenters. The molecule has 96 valence electrons. The Labute approximate surface area is 104 Å². The van der Waals surface area contributed by atoms with Gasteiger partial charge in [-0.25, -0.2) is 0 Å². The first-order valence-electron chi connectivity index (χ1n) is 6.52. The van der Waals surface area contributed by atoms with E-state index in [0.717, 1.165) is 25.7 Å². The minimum atomic E-state index is -0.492. The lowest BCUT2D eigenvalue weighted by atomic mass is 9.85. The average Bonchev–Trinajstić information content (AvgIpc) is 2.67. The molecule has 0 aromatic carbocycles. The van der Waals surface area contributed by atoms with E-state index in [1.165, 1.54) is 5.69 Å². The topological polar surface area (TPSA) is 38.1 Å².